The maximum absolute atomic E-state index is 5.80. The number of methoxy groups -OCH3 is 1. The van der Waals surface area contributed by atoms with Crippen molar-refractivity contribution in [2.24, 2.45) is 5.73 Å². The van der Waals surface area contributed by atoms with Crippen LogP contribution in [0.3, 0.4) is 0 Å². The summed E-state index contributed by atoms with van der Waals surface area (Å²) < 4.78 is 5.19. The predicted molar refractivity (Wildman–Crippen MR) is 81.8 cm³/mol. The van der Waals surface area contributed by atoms with Crippen LogP contribution in [-0.2, 0) is 13.1 Å². The van der Waals surface area contributed by atoms with E-state index in [1.807, 2.05) is 18.2 Å². The molecular weight excluding hydrogens is 250 g/mol. The number of aromatic nitrogens is 1. The van der Waals surface area contributed by atoms with Crippen molar-refractivity contribution in [3.8, 4) is 5.88 Å². The van der Waals surface area contributed by atoms with E-state index in [0.29, 0.717) is 12.4 Å². The summed E-state index contributed by atoms with van der Waals surface area (Å²) in [6, 6.07) is 12.2. The number of pyridine rings is 1. The van der Waals surface area contributed by atoms with Crippen LogP contribution >= 0.6 is 0 Å². The number of ether oxygens (including phenoxy) is 1. The number of anilines is 1. The molecule has 0 bridgehead atoms. The summed E-state index contributed by atoms with van der Waals surface area (Å²) in [5.74, 6) is 0.632. The molecule has 20 heavy (non-hydrogen) atoms. The molecule has 0 fully saturated rings. The third-order valence-corrected chi connectivity index (χ3v) is 3.37. The van der Waals surface area contributed by atoms with Gasteiger partial charge in [-0.05, 0) is 24.1 Å². The highest BCUT2D eigenvalue weighted by molar-refractivity contribution is 5.49. The molecule has 0 saturated heterocycles. The summed E-state index contributed by atoms with van der Waals surface area (Å²) >= 11 is 0. The fourth-order valence-electron chi connectivity index (χ4n) is 2.21. The van der Waals surface area contributed by atoms with Gasteiger partial charge >= 0.3 is 0 Å². The fourth-order valence-corrected chi connectivity index (χ4v) is 2.21. The molecule has 0 aliphatic rings. The smallest absolute Gasteiger partial charge is 0.214 e. The first kappa shape index (κ1) is 14.3. The van der Waals surface area contributed by atoms with Crippen molar-refractivity contribution < 1.29 is 4.74 Å². The number of benzene rings is 1. The van der Waals surface area contributed by atoms with Crippen molar-refractivity contribution in [3.63, 3.8) is 0 Å². The minimum Gasteiger partial charge on any atom is -0.481 e. The van der Waals surface area contributed by atoms with E-state index in [-0.39, 0.29) is 0 Å². The van der Waals surface area contributed by atoms with Gasteiger partial charge in [0.05, 0.1) is 7.11 Å². The first-order valence-corrected chi connectivity index (χ1v) is 6.80. The lowest BCUT2D eigenvalue weighted by atomic mass is 10.1. The van der Waals surface area contributed by atoms with Crippen LogP contribution in [0.2, 0.25) is 0 Å². The molecule has 0 unspecified atom stereocenters. The minimum atomic E-state index is 0.563. The van der Waals surface area contributed by atoms with Gasteiger partial charge in [-0.15, -0.1) is 0 Å². The van der Waals surface area contributed by atoms with E-state index in [9.17, 15) is 0 Å². The number of nitrogens with zero attached hydrogens (tertiary/aromatic N) is 2. The lowest BCUT2D eigenvalue weighted by Crippen LogP contribution is -2.23. The molecule has 2 rings (SSSR count). The van der Waals surface area contributed by atoms with Gasteiger partial charge in [-0.3, -0.25) is 0 Å². The van der Waals surface area contributed by atoms with Gasteiger partial charge < -0.3 is 15.4 Å². The first-order chi connectivity index (χ1) is 9.78. The summed E-state index contributed by atoms with van der Waals surface area (Å²) in [5, 5.41) is 0. The van der Waals surface area contributed by atoms with Crippen LogP contribution < -0.4 is 15.4 Å². The maximum Gasteiger partial charge on any atom is 0.214 e. The minimum absolute atomic E-state index is 0.563. The zero-order chi connectivity index (χ0) is 14.4. The third kappa shape index (κ3) is 3.27. The molecule has 1 aromatic carbocycles. The van der Waals surface area contributed by atoms with Crippen molar-refractivity contribution in [2.45, 2.75) is 20.0 Å². The predicted octanol–water partition coefficient (Wildman–Crippen LogP) is 2.58. The summed E-state index contributed by atoms with van der Waals surface area (Å²) in [6.45, 7) is 4.44. The second kappa shape index (κ2) is 6.91. The average molecular weight is 271 g/mol. The Balaban J connectivity index is 2.24. The Morgan fingerprint density at radius 3 is 2.60 bits per heavy atom. The molecule has 1 heterocycles. The quantitative estimate of drug-likeness (QED) is 0.877. The molecule has 2 aromatic rings. The van der Waals surface area contributed by atoms with Crippen LogP contribution in [0, 0.1) is 0 Å². The molecule has 2 N–H and O–H groups in total. The SMILES string of the molecule is CCN(Cc1ccccc1CN)c1ccnc(OC)c1. The summed E-state index contributed by atoms with van der Waals surface area (Å²) in [7, 11) is 1.63. The summed E-state index contributed by atoms with van der Waals surface area (Å²) in [5.41, 5.74) is 9.35. The van der Waals surface area contributed by atoms with Crippen LogP contribution in [0.4, 0.5) is 5.69 Å². The Bertz CT molecular complexity index is 557. The van der Waals surface area contributed by atoms with E-state index in [4.69, 9.17) is 10.5 Å². The monoisotopic (exact) mass is 271 g/mol. The molecule has 0 saturated carbocycles. The van der Waals surface area contributed by atoms with Crippen LogP contribution in [0.15, 0.2) is 42.6 Å². The van der Waals surface area contributed by atoms with Crippen LogP contribution in [0.25, 0.3) is 0 Å². The Morgan fingerprint density at radius 1 is 1.20 bits per heavy atom. The van der Waals surface area contributed by atoms with Crippen molar-refractivity contribution in [1.29, 1.82) is 0 Å². The van der Waals surface area contributed by atoms with Crippen molar-refractivity contribution in [1.82, 2.24) is 4.98 Å². The van der Waals surface area contributed by atoms with Gasteiger partial charge in [0, 0.05) is 37.6 Å². The van der Waals surface area contributed by atoms with E-state index >= 15 is 0 Å². The molecule has 4 heteroatoms. The molecule has 0 spiro atoms. The highest BCUT2D eigenvalue weighted by Gasteiger charge is 2.09. The van der Waals surface area contributed by atoms with E-state index in [0.717, 1.165) is 18.8 Å². The van der Waals surface area contributed by atoms with Gasteiger partial charge in [0.1, 0.15) is 0 Å². The van der Waals surface area contributed by atoms with Gasteiger partial charge in [0.2, 0.25) is 5.88 Å². The molecule has 106 valence electrons. The second-order valence-electron chi connectivity index (χ2n) is 4.54. The van der Waals surface area contributed by atoms with Gasteiger partial charge in [-0.25, -0.2) is 4.98 Å². The summed E-state index contributed by atoms with van der Waals surface area (Å²) in [6.07, 6.45) is 1.77. The van der Waals surface area contributed by atoms with Gasteiger partial charge in [0.15, 0.2) is 0 Å². The summed E-state index contributed by atoms with van der Waals surface area (Å²) in [4.78, 5) is 6.42. The van der Waals surface area contributed by atoms with Gasteiger partial charge in [0.25, 0.3) is 0 Å². The second-order valence-corrected chi connectivity index (χ2v) is 4.54. The van der Waals surface area contributed by atoms with Crippen LogP contribution in [0.5, 0.6) is 5.88 Å². The Kier molecular flexibility index (Phi) is 4.96. The standard InChI is InChI=1S/C16H21N3O/c1-3-19(15-8-9-18-16(10-15)20-2)12-14-7-5-4-6-13(14)11-17/h4-10H,3,11-12,17H2,1-2H3. The number of rotatable bonds is 6. The zero-order valence-corrected chi connectivity index (χ0v) is 12.0. The molecule has 0 aliphatic heterocycles. The Labute approximate surface area is 120 Å². The van der Waals surface area contributed by atoms with E-state index in [2.05, 4.69) is 35.0 Å². The molecular formula is C16H21N3O. The highest BCUT2D eigenvalue weighted by atomic mass is 16.5. The largest absolute Gasteiger partial charge is 0.481 e. The van der Waals surface area contributed by atoms with Crippen molar-refractivity contribution in [3.05, 3.63) is 53.7 Å². The maximum atomic E-state index is 5.80. The molecule has 0 amide bonds. The lowest BCUT2D eigenvalue weighted by Gasteiger charge is -2.24. The van der Waals surface area contributed by atoms with Gasteiger partial charge in [-0.2, -0.15) is 0 Å². The molecule has 1 aromatic heterocycles. The lowest BCUT2D eigenvalue weighted by molar-refractivity contribution is 0.398. The highest BCUT2D eigenvalue weighted by Crippen LogP contribution is 2.21. The Morgan fingerprint density at radius 2 is 1.95 bits per heavy atom. The molecule has 4 nitrogen and oxygen atoms in total. The number of hydrogen-bond donors (Lipinski definition) is 1. The van der Waals surface area contributed by atoms with E-state index in [1.54, 1.807) is 13.3 Å². The van der Waals surface area contributed by atoms with Crippen LogP contribution in [0.1, 0.15) is 18.1 Å². The third-order valence-electron chi connectivity index (χ3n) is 3.37. The fraction of sp³-hybridized carbons (Fsp3) is 0.312. The number of hydrogen-bond acceptors (Lipinski definition) is 4. The average Bonchev–Trinajstić information content (AvgIpc) is 2.53. The van der Waals surface area contributed by atoms with E-state index in [1.165, 1.54) is 11.1 Å². The number of nitrogens with two attached hydrogens (primary N) is 1. The zero-order valence-electron chi connectivity index (χ0n) is 12.0. The first-order valence-electron chi connectivity index (χ1n) is 6.80. The molecule has 0 radical (unpaired) electrons. The van der Waals surface area contributed by atoms with Crippen molar-refractivity contribution in [2.75, 3.05) is 18.6 Å². The normalized spacial score (nSPS) is 10.3. The van der Waals surface area contributed by atoms with E-state index < -0.39 is 0 Å². The molecule has 0 aliphatic carbocycles. The Hall–Kier alpha value is -2.07. The van der Waals surface area contributed by atoms with Crippen molar-refractivity contribution >= 4 is 5.69 Å². The molecule has 0 atom stereocenters. The van der Waals surface area contributed by atoms with Gasteiger partial charge in [-0.1, -0.05) is 24.3 Å². The topological polar surface area (TPSA) is 51.4 Å². The van der Waals surface area contributed by atoms with Crippen LogP contribution in [-0.4, -0.2) is 18.6 Å².